The van der Waals surface area contributed by atoms with Gasteiger partial charge in [-0.25, -0.2) is 0 Å². The van der Waals surface area contributed by atoms with Gasteiger partial charge in [-0.1, -0.05) is 0 Å². The first-order chi connectivity index (χ1) is 5.73. The molecule has 0 saturated carbocycles. The van der Waals surface area contributed by atoms with Crippen LogP contribution >= 0.6 is 10.1 Å². The molecule has 1 rings (SSSR count). The molecule has 0 spiro atoms. The van der Waals surface area contributed by atoms with E-state index >= 15 is 0 Å². The molecule has 0 aliphatic heterocycles. The molecule has 1 aromatic rings. The summed E-state index contributed by atoms with van der Waals surface area (Å²) in [7, 11) is 4.20. The summed E-state index contributed by atoms with van der Waals surface area (Å²) in [5.41, 5.74) is 0. The summed E-state index contributed by atoms with van der Waals surface area (Å²) in [6.45, 7) is 0. The van der Waals surface area contributed by atoms with E-state index in [1.165, 1.54) is 0 Å². The zero-order valence-electron chi connectivity index (χ0n) is 5.74. The van der Waals surface area contributed by atoms with Crippen molar-refractivity contribution in [1.29, 1.82) is 0 Å². The van der Waals surface area contributed by atoms with Crippen LogP contribution in [0.15, 0.2) is 30.3 Å². The van der Waals surface area contributed by atoms with Gasteiger partial charge in [0.05, 0.1) is 5.09 Å². The van der Waals surface area contributed by atoms with E-state index in [1.54, 1.807) is 0 Å². The number of benzene rings is 1. The van der Waals surface area contributed by atoms with Crippen LogP contribution in [-0.2, 0) is 15.1 Å². The van der Waals surface area contributed by atoms with Crippen LogP contribution < -0.4 is 0 Å². The Bertz CT molecular complexity index is 155. The summed E-state index contributed by atoms with van der Waals surface area (Å²) in [5, 5.41) is 14.8. The van der Waals surface area contributed by atoms with Crippen LogP contribution in [0.5, 0.6) is 0 Å². The topological polar surface area (TPSA) is 66.2 Å². The summed E-state index contributed by atoms with van der Waals surface area (Å²) in [6.07, 6.45) is 0. The molecule has 0 bridgehead atoms. The first-order valence-corrected chi connectivity index (χ1v) is 3.87. The first-order valence-electron chi connectivity index (χ1n) is 2.57. The smallest absolute Gasteiger partial charge is 0.171 e. The molecule has 0 aromatic heterocycles. The second-order valence-electron chi connectivity index (χ2n) is 1.30. The molecule has 12 heavy (non-hydrogen) atoms. The van der Waals surface area contributed by atoms with Crippen molar-refractivity contribution in [3.8, 4) is 0 Å². The van der Waals surface area contributed by atoms with Gasteiger partial charge in [-0.05, 0) is 0 Å². The third-order valence-corrected chi connectivity index (χ3v) is 0.607. The van der Waals surface area contributed by atoms with Crippen LogP contribution in [0.25, 0.3) is 0 Å². The third kappa shape index (κ3) is 22.9. The molecule has 0 N–H and O–H groups in total. The quantitative estimate of drug-likeness (QED) is 0.300. The largest absolute Gasteiger partial charge is 0.184 e. The van der Waals surface area contributed by atoms with Gasteiger partial charge in [0.2, 0.25) is 0 Å². The molecule has 6 heteroatoms. The molecular weight excluding hydrogens is 233 g/mol. The van der Waals surface area contributed by atoms with Crippen molar-refractivity contribution in [3.63, 3.8) is 0 Å². The summed E-state index contributed by atoms with van der Waals surface area (Å²) >= 11 is 3.66. The van der Waals surface area contributed by atoms with E-state index in [0.717, 1.165) is 0 Å². The Hall–Kier alpha value is -0.771. The van der Waals surface area contributed by atoms with Gasteiger partial charge in [-0.3, -0.25) is 0 Å². The van der Waals surface area contributed by atoms with Crippen molar-refractivity contribution >= 4 is 10.1 Å². The predicted octanol–water partition coefficient (Wildman–Crippen LogP) is 1.93. The Morgan fingerprint density at radius 2 is 1.50 bits per heavy atom. The molecule has 71 valence electrons. The van der Waals surface area contributed by atoms with Gasteiger partial charge in [0.25, 0.3) is 0 Å². The fraction of sp³-hybridized carbons (Fsp3) is 0. The molecule has 0 unspecified atom stereocenters. The molecule has 0 atom stereocenters. The van der Waals surface area contributed by atoms with Gasteiger partial charge in [-0.15, -0.1) is 0 Å². The molecule has 0 fully saturated rings. The molecule has 0 aliphatic carbocycles. The summed E-state index contributed by atoms with van der Waals surface area (Å²) in [4.78, 5) is 8.25. The second kappa shape index (κ2) is 12.9. The molecule has 0 radical (unpaired) electrons. The first kappa shape index (κ1) is 13.8. The number of hydrogen-bond donors (Lipinski definition) is 0. The van der Waals surface area contributed by atoms with E-state index in [-0.39, 0.29) is 0 Å². The van der Waals surface area contributed by atoms with E-state index in [1.807, 2.05) is 30.3 Å². The van der Waals surface area contributed by atoms with Gasteiger partial charge in [-0.2, -0.15) is 36.4 Å². The van der Waals surface area contributed by atoms with Crippen LogP contribution in [0, 0.1) is 21.4 Å². The zero-order valence-corrected chi connectivity index (χ0v) is 7.44. The molecule has 0 saturated heterocycles. The van der Waals surface area contributed by atoms with Crippen molar-refractivity contribution in [3.05, 3.63) is 51.7 Å². The monoisotopic (exact) mass is 237 g/mol. The van der Waals surface area contributed by atoms with Gasteiger partial charge in [0.1, 0.15) is 0 Å². The van der Waals surface area contributed by atoms with Crippen molar-refractivity contribution in [1.82, 2.24) is 0 Å². The third-order valence-electron chi connectivity index (χ3n) is 0.607. The Morgan fingerprint density at radius 1 is 1.17 bits per heavy atom. The van der Waals surface area contributed by atoms with E-state index < -0.39 is 5.09 Å². The zero-order chi connectivity index (χ0) is 9.82. The summed E-state index contributed by atoms with van der Waals surface area (Å²) in [5.74, 6) is 0. The number of rotatable bonds is 0. The molecule has 0 heterocycles. The van der Waals surface area contributed by atoms with Gasteiger partial charge < -0.3 is 15.3 Å². The summed E-state index contributed by atoms with van der Waals surface area (Å²) < 4.78 is 0. The van der Waals surface area contributed by atoms with Crippen LogP contribution in [0.4, 0.5) is 0 Å². The van der Waals surface area contributed by atoms with E-state index in [2.05, 4.69) is 31.3 Å². The predicted molar refractivity (Wildman–Crippen MR) is 41.5 cm³/mol. The minimum absolute atomic E-state index is 1.75. The van der Waals surface area contributed by atoms with Crippen LogP contribution in [-0.4, -0.2) is 5.09 Å². The molecular formula is C6H5ClCuNO3-. The number of nitrogens with zero attached hydrogens (tertiary/aromatic N) is 1. The minimum atomic E-state index is -1.75. The van der Waals surface area contributed by atoms with Gasteiger partial charge in [0, 0.05) is 0 Å². The number of halogens is 1. The van der Waals surface area contributed by atoms with Gasteiger partial charge in [0.15, 0.2) is 0 Å². The second-order valence-corrected chi connectivity index (χ2v) is 1.30. The maximum Gasteiger partial charge on any atom is -0.171 e. The Morgan fingerprint density at radius 3 is 1.58 bits per heavy atom. The minimum Gasteiger partial charge on any atom is -0.184 e. The van der Waals surface area contributed by atoms with Crippen molar-refractivity contribution < 1.29 is 20.2 Å². The van der Waals surface area contributed by atoms with Gasteiger partial charge >= 0.3 is 25.2 Å². The molecule has 0 aliphatic rings. The Kier molecular flexibility index (Phi) is 14.8. The normalized spacial score (nSPS) is 6.58. The van der Waals surface area contributed by atoms with Crippen LogP contribution in [0.3, 0.4) is 0 Å². The van der Waals surface area contributed by atoms with Crippen LogP contribution in [0.1, 0.15) is 0 Å². The number of hydrogen-bond acceptors (Lipinski definition) is 3. The van der Waals surface area contributed by atoms with Crippen LogP contribution in [0.2, 0.25) is 0 Å². The Labute approximate surface area is 82.3 Å². The SMILES string of the molecule is O=[N+]([O-])[O-].[Cl][Cu+].[c-]1ccccc1. The maximum atomic E-state index is 8.25. The summed E-state index contributed by atoms with van der Waals surface area (Å²) in [6, 6.07) is 12.5. The Balaban J connectivity index is 0. The average Bonchev–Trinajstić information content (AvgIpc) is 2.10. The molecule has 1 aromatic carbocycles. The molecule has 4 nitrogen and oxygen atoms in total. The molecule has 0 amide bonds. The van der Waals surface area contributed by atoms with E-state index in [4.69, 9.17) is 15.3 Å². The fourth-order valence-corrected chi connectivity index (χ4v) is 0.342. The van der Waals surface area contributed by atoms with Crippen molar-refractivity contribution in [2.75, 3.05) is 0 Å². The average molecular weight is 238 g/mol. The maximum absolute atomic E-state index is 8.25. The van der Waals surface area contributed by atoms with Crippen molar-refractivity contribution in [2.45, 2.75) is 0 Å². The fourth-order valence-electron chi connectivity index (χ4n) is 0.342. The standard InChI is InChI=1S/C6H5.ClH.Cu.NO3/c1-2-4-6-5-3-1;;;2-1(3)4/h1-5H;1H;;/q-1;;+2;-1/p-1. The van der Waals surface area contributed by atoms with Crippen molar-refractivity contribution in [2.24, 2.45) is 0 Å². The van der Waals surface area contributed by atoms with E-state index in [0.29, 0.717) is 0 Å². The van der Waals surface area contributed by atoms with E-state index in [9.17, 15) is 0 Å².